The second-order valence-electron chi connectivity index (χ2n) is 5.93. The third-order valence-electron chi connectivity index (χ3n) is 4.47. The number of hydrogen-bond donors (Lipinski definition) is 1. The molecular weight excluding hydrogens is 400 g/mol. The van der Waals surface area contributed by atoms with Crippen molar-refractivity contribution in [3.8, 4) is 11.3 Å². The number of methoxy groups -OCH3 is 4. The number of aromatic nitrogens is 2. The van der Waals surface area contributed by atoms with E-state index in [0.717, 1.165) is 0 Å². The molecular formula is C19H18N2O9. The van der Waals surface area contributed by atoms with Crippen molar-refractivity contribution < 1.29 is 42.9 Å². The molecule has 30 heavy (non-hydrogen) atoms. The number of ether oxygens (including phenoxy) is 4. The van der Waals surface area contributed by atoms with Crippen molar-refractivity contribution >= 4 is 23.9 Å². The highest BCUT2D eigenvalue weighted by Crippen LogP contribution is 2.45. The van der Waals surface area contributed by atoms with E-state index in [1.807, 2.05) is 0 Å². The maximum absolute atomic E-state index is 13.2. The highest BCUT2D eigenvalue weighted by Gasteiger charge is 2.51. The number of fused-ring (bicyclic) bond motifs is 3. The maximum Gasteiger partial charge on any atom is 0.373 e. The Kier molecular flexibility index (Phi) is 6.63. The summed E-state index contributed by atoms with van der Waals surface area (Å²) in [5.74, 6) is -3.72. The summed E-state index contributed by atoms with van der Waals surface area (Å²) in [6.07, 6.45) is 0.250. The zero-order valence-corrected chi connectivity index (χ0v) is 16.8. The van der Waals surface area contributed by atoms with E-state index in [-0.39, 0.29) is 34.2 Å². The average molecular weight is 418 g/mol. The van der Waals surface area contributed by atoms with Gasteiger partial charge in [-0.15, -0.1) is 0 Å². The van der Waals surface area contributed by atoms with Crippen LogP contribution in [0.3, 0.4) is 0 Å². The van der Waals surface area contributed by atoms with Gasteiger partial charge in [-0.1, -0.05) is 0 Å². The summed E-state index contributed by atoms with van der Waals surface area (Å²) in [7, 11) is 5.07. The number of nitrogens with one attached hydrogen (secondary N) is 1. The summed E-state index contributed by atoms with van der Waals surface area (Å²) in [6.45, 7) is 1.64. The van der Waals surface area contributed by atoms with Crippen LogP contribution in [0.25, 0.3) is 11.3 Å². The first-order chi connectivity index (χ1) is 14.3. The maximum atomic E-state index is 13.2. The van der Waals surface area contributed by atoms with Crippen molar-refractivity contribution in [2.75, 3.05) is 28.4 Å². The Hall–Kier alpha value is -3.66. The number of ketones is 1. The van der Waals surface area contributed by atoms with E-state index < -0.39 is 23.5 Å². The van der Waals surface area contributed by atoms with Crippen LogP contribution in [0.2, 0.25) is 0 Å². The fourth-order valence-electron chi connectivity index (χ4n) is 3.26. The lowest BCUT2D eigenvalue weighted by Crippen LogP contribution is -2.43. The van der Waals surface area contributed by atoms with Crippen LogP contribution in [-0.4, -0.2) is 62.3 Å². The van der Waals surface area contributed by atoms with Crippen LogP contribution in [0, 0.1) is 6.92 Å². The van der Waals surface area contributed by atoms with Gasteiger partial charge < -0.3 is 23.9 Å². The van der Waals surface area contributed by atoms with Crippen molar-refractivity contribution in [3.05, 3.63) is 40.3 Å². The van der Waals surface area contributed by atoms with E-state index in [1.165, 1.54) is 40.6 Å². The molecule has 11 heteroatoms. The molecule has 0 saturated carbocycles. The predicted octanol–water partition coefficient (Wildman–Crippen LogP) is 1.02. The number of Topliss-reactive ketones (excluding diaryl/α,β-unsaturated/α-hetero) is 1. The Bertz CT molecular complexity index is 1040. The number of H-pyrrole nitrogens is 1. The van der Waals surface area contributed by atoms with Crippen LogP contribution >= 0.6 is 0 Å². The molecule has 0 radical (unpaired) electrons. The van der Waals surface area contributed by atoms with Gasteiger partial charge in [-0.25, -0.2) is 14.6 Å². The summed E-state index contributed by atoms with van der Waals surface area (Å²) in [5, 5.41) is 0. The third-order valence-corrected chi connectivity index (χ3v) is 4.47. The molecule has 1 aliphatic carbocycles. The standard InChI is InChI=1S/C18H18N2O7.CO2/c1-8-6-9(16(22)24-2)12-13-10(7-11(20-13)17(23)25-3)18(26-4,27-5)15(21)14(12)19-8;2-1-3/h6-7,20H,1-5H3;. The van der Waals surface area contributed by atoms with Gasteiger partial charge in [-0.3, -0.25) is 4.79 Å². The fraction of sp³-hybridized carbons (Fsp3) is 0.316. The van der Waals surface area contributed by atoms with E-state index in [2.05, 4.69) is 9.97 Å². The molecule has 1 aliphatic rings. The van der Waals surface area contributed by atoms with E-state index in [1.54, 1.807) is 6.92 Å². The SMILES string of the molecule is COC(=O)c1cc2c([nH]1)-c1c(C(=O)OC)cc(C)nc1C(=O)C2(OC)OC.O=C=O. The van der Waals surface area contributed by atoms with Gasteiger partial charge in [0.25, 0.3) is 5.79 Å². The normalized spacial score (nSPS) is 13.2. The van der Waals surface area contributed by atoms with Gasteiger partial charge in [0.2, 0.25) is 5.78 Å². The molecule has 158 valence electrons. The number of aromatic amines is 1. The van der Waals surface area contributed by atoms with Crippen molar-refractivity contribution in [1.82, 2.24) is 9.97 Å². The molecule has 3 rings (SSSR count). The lowest BCUT2D eigenvalue weighted by Gasteiger charge is -2.33. The van der Waals surface area contributed by atoms with Crippen molar-refractivity contribution in [1.29, 1.82) is 0 Å². The number of carbonyl (C=O) groups is 3. The first-order valence-corrected chi connectivity index (χ1v) is 8.32. The Morgan fingerprint density at radius 1 is 1.03 bits per heavy atom. The number of aryl methyl sites for hydroxylation is 1. The Balaban J connectivity index is 0.00000101. The van der Waals surface area contributed by atoms with Crippen LogP contribution < -0.4 is 0 Å². The van der Waals surface area contributed by atoms with E-state index in [9.17, 15) is 14.4 Å². The number of pyridine rings is 1. The van der Waals surface area contributed by atoms with Crippen LogP contribution in [0.15, 0.2) is 12.1 Å². The van der Waals surface area contributed by atoms with Crippen molar-refractivity contribution in [3.63, 3.8) is 0 Å². The summed E-state index contributed by atoms with van der Waals surface area (Å²) in [5.41, 5.74) is 1.36. The zero-order valence-electron chi connectivity index (χ0n) is 16.8. The topological polar surface area (TPSA) is 151 Å². The van der Waals surface area contributed by atoms with Gasteiger partial charge in [-0.2, -0.15) is 9.59 Å². The molecule has 11 nitrogen and oxygen atoms in total. The molecule has 0 bridgehead atoms. The highest BCUT2D eigenvalue weighted by molar-refractivity contribution is 6.14. The van der Waals surface area contributed by atoms with Gasteiger partial charge in [0, 0.05) is 31.0 Å². The minimum atomic E-state index is -1.82. The number of carbonyl (C=O) groups excluding carboxylic acids is 5. The lowest BCUT2D eigenvalue weighted by atomic mass is 9.85. The zero-order chi connectivity index (χ0) is 22.6. The average Bonchev–Trinajstić information content (AvgIpc) is 3.19. The summed E-state index contributed by atoms with van der Waals surface area (Å²) in [6, 6.07) is 2.91. The minimum Gasteiger partial charge on any atom is -0.465 e. The molecule has 2 heterocycles. The minimum absolute atomic E-state index is 0.0233. The van der Waals surface area contributed by atoms with Crippen molar-refractivity contribution in [2.45, 2.75) is 12.7 Å². The summed E-state index contributed by atoms with van der Waals surface area (Å²) < 4.78 is 20.4. The third kappa shape index (κ3) is 3.41. The molecule has 2 aromatic rings. The van der Waals surface area contributed by atoms with Gasteiger partial charge in [0.05, 0.1) is 25.5 Å². The molecule has 0 unspecified atom stereocenters. The second-order valence-corrected chi connectivity index (χ2v) is 5.93. The highest BCUT2D eigenvalue weighted by atomic mass is 16.7. The molecule has 2 aromatic heterocycles. The van der Waals surface area contributed by atoms with Crippen LogP contribution in [0.5, 0.6) is 0 Å². The molecule has 1 N–H and O–H groups in total. The number of rotatable bonds is 4. The summed E-state index contributed by atoms with van der Waals surface area (Å²) >= 11 is 0. The molecule has 0 aromatic carbocycles. The van der Waals surface area contributed by atoms with Gasteiger partial charge in [0.15, 0.2) is 0 Å². The largest absolute Gasteiger partial charge is 0.465 e. The first-order valence-electron chi connectivity index (χ1n) is 8.32. The Morgan fingerprint density at radius 2 is 1.60 bits per heavy atom. The van der Waals surface area contributed by atoms with Gasteiger partial charge >= 0.3 is 18.1 Å². The van der Waals surface area contributed by atoms with E-state index >= 15 is 0 Å². The fourth-order valence-corrected chi connectivity index (χ4v) is 3.26. The van der Waals surface area contributed by atoms with Crippen LogP contribution in [-0.2, 0) is 34.3 Å². The first kappa shape index (κ1) is 22.6. The van der Waals surface area contributed by atoms with Crippen LogP contribution in [0.4, 0.5) is 0 Å². The number of hydrogen-bond acceptors (Lipinski definition) is 10. The van der Waals surface area contributed by atoms with E-state index in [0.29, 0.717) is 11.4 Å². The number of nitrogens with zero attached hydrogens (tertiary/aromatic N) is 1. The Labute approximate surface area is 170 Å². The molecule has 0 atom stereocenters. The smallest absolute Gasteiger partial charge is 0.373 e. The molecule has 0 amide bonds. The molecule has 0 saturated heterocycles. The molecule has 0 spiro atoms. The predicted molar refractivity (Wildman–Crippen MR) is 96.5 cm³/mol. The van der Waals surface area contributed by atoms with E-state index in [4.69, 9.17) is 28.5 Å². The lowest BCUT2D eigenvalue weighted by molar-refractivity contribution is -0.191. The number of esters is 2. The van der Waals surface area contributed by atoms with Gasteiger partial charge in [0.1, 0.15) is 11.4 Å². The monoisotopic (exact) mass is 418 g/mol. The second kappa shape index (κ2) is 8.78. The molecule has 0 fully saturated rings. The van der Waals surface area contributed by atoms with Crippen LogP contribution in [0.1, 0.15) is 42.6 Å². The quantitative estimate of drug-likeness (QED) is 0.563. The van der Waals surface area contributed by atoms with Gasteiger partial charge in [-0.05, 0) is 19.1 Å². The van der Waals surface area contributed by atoms with Crippen molar-refractivity contribution in [2.24, 2.45) is 0 Å². The summed E-state index contributed by atoms with van der Waals surface area (Å²) in [4.78, 5) is 61.0. The Morgan fingerprint density at radius 3 is 2.10 bits per heavy atom. The molecule has 0 aliphatic heterocycles.